The van der Waals surface area contributed by atoms with Gasteiger partial charge in [-0.25, -0.2) is 8.42 Å². The highest BCUT2D eigenvalue weighted by Gasteiger charge is 2.20. The van der Waals surface area contributed by atoms with E-state index in [2.05, 4.69) is 10.9 Å². The van der Waals surface area contributed by atoms with Crippen LogP contribution in [0.3, 0.4) is 0 Å². The van der Waals surface area contributed by atoms with Crippen LogP contribution in [0.5, 0.6) is 11.5 Å². The van der Waals surface area contributed by atoms with Gasteiger partial charge in [-0.15, -0.1) is 6.42 Å². The van der Waals surface area contributed by atoms with E-state index >= 15 is 0 Å². The van der Waals surface area contributed by atoms with Gasteiger partial charge in [-0.3, -0.25) is 4.79 Å². The maximum absolute atomic E-state index is 12.7. The average molecular weight is 443 g/mol. The molecule has 1 aliphatic rings. The van der Waals surface area contributed by atoms with Crippen molar-refractivity contribution in [1.82, 2.24) is 4.57 Å². The standard InChI is InChI=1S/C21H18N2O5S2/c1-4-9-23-16-10-17-18(28-12-27-17)11-19(16)29-21(23)22-20(24)14-5-7-15(8-6-14)30(25,26)13(2)3/h1,5-8,10-11,13H,9,12H2,2-3H3. The van der Waals surface area contributed by atoms with Gasteiger partial charge in [0, 0.05) is 17.7 Å². The summed E-state index contributed by atoms with van der Waals surface area (Å²) in [4.78, 5) is 17.6. The summed E-state index contributed by atoms with van der Waals surface area (Å²) < 4.78 is 38.0. The van der Waals surface area contributed by atoms with E-state index in [1.807, 2.05) is 12.1 Å². The Balaban J connectivity index is 1.75. The molecule has 0 bridgehead atoms. The summed E-state index contributed by atoms with van der Waals surface area (Å²) in [6, 6.07) is 9.45. The van der Waals surface area contributed by atoms with Crippen LogP contribution in [0.15, 0.2) is 46.3 Å². The lowest BCUT2D eigenvalue weighted by Gasteiger charge is -2.07. The van der Waals surface area contributed by atoms with E-state index in [0.717, 1.165) is 10.2 Å². The largest absolute Gasteiger partial charge is 0.454 e. The minimum atomic E-state index is -3.40. The molecule has 2 aromatic carbocycles. The van der Waals surface area contributed by atoms with Gasteiger partial charge in [0.2, 0.25) is 6.79 Å². The van der Waals surface area contributed by atoms with Crippen molar-refractivity contribution in [3.63, 3.8) is 0 Å². The van der Waals surface area contributed by atoms with Crippen molar-refractivity contribution in [3.05, 3.63) is 46.8 Å². The van der Waals surface area contributed by atoms with E-state index in [9.17, 15) is 13.2 Å². The minimum Gasteiger partial charge on any atom is -0.454 e. The normalized spacial score (nSPS) is 13.7. The lowest BCUT2D eigenvalue weighted by atomic mass is 10.2. The molecule has 7 nitrogen and oxygen atoms in total. The second-order valence-corrected chi connectivity index (χ2v) is 10.4. The smallest absolute Gasteiger partial charge is 0.279 e. The number of aromatic nitrogens is 1. The molecule has 30 heavy (non-hydrogen) atoms. The molecule has 0 atom stereocenters. The predicted octanol–water partition coefficient (Wildman–Crippen LogP) is 2.99. The average Bonchev–Trinajstić information content (AvgIpc) is 3.30. The quantitative estimate of drug-likeness (QED) is 0.580. The second kappa shape index (κ2) is 7.63. The first kappa shape index (κ1) is 20.2. The van der Waals surface area contributed by atoms with Crippen molar-refractivity contribution >= 4 is 37.3 Å². The van der Waals surface area contributed by atoms with Gasteiger partial charge >= 0.3 is 0 Å². The molecule has 154 valence electrons. The zero-order valence-corrected chi connectivity index (χ0v) is 17.9. The van der Waals surface area contributed by atoms with Crippen LogP contribution >= 0.6 is 11.3 Å². The molecular formula is C21H18N2O5S2. The van der Waals surface area contributed by atoms with E-state index < -0.39 is 21.0 Å². The van der Waals surface area contributed by atoms with Gasteiger partial charge in [-0.1, -0.05) is 17.3 Å². The van der Waals surface area contributed by atoms with Crippen LogP contribution in [0.4, 0.5) is 0 Å². The van der Waals surface area contributed by atoms with E-state index in [4.69, 9.17) is 15.9 Å². The molecule has 1 aliphatic heterocycles. The van der Waals surface area contributed by atoms with Gasteiger partial charge in [-0.2, -0.15) is 4.99 Å². The third-order valence-corrected chi connectivity index (χ3v) is 7.89. The number of thiazole rings is 1. The molecule has 0 spiro atoms. The molecule has 4 rings (SSSR count). The molecule has 0 N–H and O–H groups in total. The van der Waals surface area contributed by atoms with Crippen LogP contribution < -0.4 is 14.3 Å². The Labute approximate surface area is 177 Å². The zero-order chi connectivity index (χ0) is 21.5. The Bertz CT molecular complexity index is 1360. The second-order valence-electron chi connectivity index (χ2n) is 6.88. The van der Waals surface area contributed by atoms with Crippen LogP contribution in [-0.2, 0) is 16.4 Å². The van der Waals surface area contributed by atoms with Crippen molar-refractivity contribution in [2.45, 2.75) is 30.5 Å². The first-order chi connectivity index (χ1) is 14.3. The molecule has 0 saturated carbocycles. The van der Waals surface area contributed by atoms with Crippen molar-refractivity contribution in [2.75, 3.05) is 6.79 Å². The van der Waals surface area contributed by atoms with Gasteiger partial charge in [0.15, 0.2) is 26.1 Å². The summed E-state index contributed by atoms with van der Waals surface area (Å²) in [6.45, 7) is 3.63. The number of benzene rings is 2. The number of sulfone groups is 1. The van der Waals surface area contributed by atoms with Crippen molar-refractivity contribution in [2.24, 2.45) is 4.99 Å². The van der Waals surface area contributed by atoms with E-state index in [-0.39, 0.29) is 23.8 Å². The first-order valence-electron chi connectivity index (χ1n) is 9.10. The van der Waals surface area contributed by atoms with Crippen molar-refractivity contribution in [3.8, 4) is 23.8 Å². The fraction of sp³-hybridized carbons (Fsp3) is 0.238. The highest BCUT2D eigenvalue weighted by Crippen LogP contribution is 2.36. The van der Waals surface area contributed by atoms with E-state index in [1.165, 1.54) is 35.6 Å². The minimum absolute atomic E-state index is 0.167. The molecule has 0 unspecified atom stereocenters. The van der Waals surface area contributed by atoms with Crippen LogP contribution in [0.2, 0.25) is 0 Å². The molecule has 2 heterocycles. The summed E-state index contributed by atoms with van der Waals surface area (Å²) in [5.74, 6) is 3.34. The first-order valence-corrected chi connectivity index (χ1v) is 11.5. The molecule has 1 amide bonds. The lowest BCUT2D eigenvalue weighted by Crippen LogP contribution is -2.17. The Morgan fingerprint density at radius 1 is 1.23 bits per heavy atom. The van der Waals surface area contributed by atoms with E-state index in [0.29, 0.717) is 16.3 Å². The maximum Gasteiger partial charge on any atom is 0.279 e. The van der Waals surface area contributed by atoms with Crippen LogP contribution in [0.25, 0.3) is 10.2 Å². The number of carbonyl (C=O) groups is 1. The van der Waals surface area contributed by atoms with Gasteiger partial charge in [0.25, 0.3) is 5.91 Å². The fourth-order valence-electron chi connectivity index (χ4n) is 3.00. The zero-order valence-electron chi connectivity index (χ0n) is 16.3. The summed E-state index contributed by atoms with van der Waals surface area (Å²) in [6.07, 6.45) is 5.51. The third kappa shape index (κ3) is 3.49. The van der Waals surface area contributed by atoms with Gasteiger partial charge < -0.3 is 14.0 Å². The van der Waals surface area contributed by atoms with Gasteiger partial charge in [-0.05, 0) is 38.1 Å². The lowest BCUT2D eigenvalue weighted by molar-refractivity contribution is 0.0998. The van der Waals surface area contributed by atoms with E-state index in [1.54, 1.807) is 18.4 Å². The Hall–Kier alpha value is -3.09. The summed E-state index contributed by atoms with van der Waals surface area (Å²) in [5, 5.41) is -0.542. The molecule has 1 aromatic heterocycles. The van der Waals surface area contributed by atoms with Crippen LogP contribution in [0, 0.1) is 12.3 Å². The number of ether oxygens (including phenoxy) is 2. The number of amides is 1. The molecule has 0 aliphatic carbocycles. The SMILES string of the molecule is C#CCn1c(=NC(=O)c2ccc(S(=O)(=O)C(C)C)cc2)sc2cc3c(cc21)OCO3. The number of fused-ring (bicyclic) bond motifs is 2. The van der Waals surface area contributed by atoms with Gasteiger partial charge in [0.05, 0.1) is 26.9 Å². The molecule has 0 fully saturated rings. The monoisotopic (exact) mass is 442 g/mol. The molecule has 3 aromatic rings. The highest BCUT2D eigenvalue weighted by atomic mass is 32.2. The molecular weight excluding hydrogens is 424 g/mol. The predicted molar refractivity (Wildman–Crippen MR) is 113 cm³/mol. The summed E-state index contributed by atoms with van der Waals surface area (Å²) in [5.41, 5.74) is 1.09. The maximum atomic E-state index is 12.7. The Kier molecular flexibility index (Phi) is 5.13. The number of terminal acetylenes is 1. The van der Waals surface area contributed by atoms with Crippen LogP contribution in [-0.4, -0.2) is 30.9 Å². The molecule has 0 saturated heterocycles. The Morgan fingerprint density at radius 2 is 1.90 bits per heavy atom. The molecule has 0 radical (unpaired) electrons. The van der Waals surface area contributed by atoms with Crippen molar-refractivity contribution in [1.29, 1.82) is 0 Å². The Morgan fingerprint density at radius 3 is 2.53 bits per heavy atom. The number of hydrogen-bond acceptors (Lipinski definition) is 6. The fourth-order valence-corrected chi connectivity index (χ4v) is 5.10. The van der Waals surface area contributed by atoms with Crippen molar-refractivity contribution < 1.29 is 22.7 Å². The number of carbonyl (C=O) groups excluding carboxylic acids is 1. The third-order valence-electron chi connectivity index (χ3n) is 4.67. The number of rotatable bonds is 4. The van der Waals surface area contributed by atoms with Gasteiger partial charge in [0.1, 0.15) is 0 Å². The molecule has 9 heteroatoms. The highest BCUT2D eigenvalue weighted by molar-refractivity contribution is 7.92. The summed E-state index contributed by atoms with van der Waals surface area (Å²) >= 11 is 1.31. The number of nitrogens with zero attached hydrogens (tertiary/aromatic N) is 2. The topological polar surface area (TPSA) is 87.0 Å². The number of hydrogen-bond donors (Lipinski definition) is 0. The summed E-state index contributed by atoms with van der Waals surface area (Å²) in [7, 11) is -3.40. The van der Waals surface area contributed by atoms with Crippen LogP contribution in [0.1, 0.15) is 24.2 Å².